The molecule has 1 saturated heterocycles. The Morgan fingerprint density at radius 3 is 2.52 bits per heavy atom. The first kappa shape index (κ1) is 19.7. The fourth-order valence-corrected chi connectivity index (χ4v) is 4.76. The van der Waals surface area contributed by atoms with Crippen LogP contribution >= 0.6 is 11.3 Å². The van der Waals surface area contributed by atoms with Crippen molar-refractivity contribution in [2.45, 2.75) is 19.8 Å². The van der Waals surface area contributed by atoms with Gasteiger partial charge in [-0.15, -0.1) is 11.3 Å². The van der Waals surface area contributed by atoms with E-state index in [0.717, 1.165) is 47.4 Å². The maximum absolute atomic E-state index is 12.9. The van der Waals surface area contributed by atoms with Crippen molar-refractivity contribution in [3.05, 3.63) is 65.6 Å². The molecule has 1 amide bonds. The van der Waals surface area contributed by atoms with Crippen molar-refractivity contribution >= 4 is 28.2 Å². The summed E-state index contributed by atoms with van der Waals surface area (Å²) in [4.78, 5) is 31.3. The molecule has 8 heteroatoms. The molecule has 0 atom stereocenters. The van der Waals surface area contributed by atoms with E-state index in [-0.39, 0.29) is 5.91 Å². The van der Waals surface area contributed by atoms with Gasteiger partial charge in [-0.1, -0.05) is 31.2 Å². The Labute approximate surface area is 185 Å². The number of hydrogen-bond acceptors (Lipinski definition) is 6. The van der Waals surface area contributed by atoms with Gasteiger partial charge in [-0.05, 0) is 18.1 Å². The SMILES string of the molecule is CCc1ccc(-c2cn3c(CC(=O)N4CCN(c5ncccn5)CC4)csc3n2)cc1. The summed E-state index contributed by atoms with van der Waals surface area (Å²) >= 11 is 1.58. The van der Waals surface area contributed by atoms with Crippen molar-refractivity contribution in [1.82, 2.24) is 24.3 Å². The fraction of sp³-hybridized carbons (Fsp3) is 0.304. The first-order chi connectivity index (χ1) is 15.2. The number of rotatable bonds is 5. The number of benzene rings is 1. The summed E-state index contributed by atoms with van der Waals surface area (Å²) in [7, 11) is 0. The maximum Gasteiger partial charge on any atom is 0.228 e. The third-order valence-corrected chi connectivity index (χ3v) is 6.63. The highest BCUT2D eigenvalue weighted by Crippen LogP contribution is 2.25. The zero-order valence-corrected chi connectivity index (χ0v) is 18.3. The first-order valence-electron chi connectivity index (χ1n) is 10.6. The van der Waals surface area contributed by atoms with Crippen LogP contribution < -0.4 is 4.90 Å². The monoisotopic (exact) mass is 432 g/mol. The van der Waals surface area contributed by atoms with Gasteiger partial charge in [0.25, 0.3) is 0 Å². The number of piperazine rings is 1. The molecule has 0 N–H and O–H groups in total. The number of imidazole rings is 1. The smallest absolute Gasteiger partial charge is 0.228 e. The Hall–Kier alpha value is -3.26. The minimum absolute atomic E-state index is 0.149. The zero-order chi connectivity index (χ0) is 21.2. The van der Waals surface area contributed by atoms with Crippen LogP contribution in [0.5, 0.6) is 0 Å². The van der Waals surface area contributed by atoms with Gasteiger partial charge in [0.2, 0.25) is 11.9 Å². The Bertz CT molecular complexity index is 1180. The lowest BCUT2D eigenvalue weighted by atomic mass is 10.1. The van der Waals surface area contributed by atoms with E-state index in [9.17, 15) is 4.79 Å². The van der Waals surface area contributed by atoms with Crippen LogP contribution in [0.1, 0.15) is 18.2 Å². The van der Waals surface area contributed by atoms with Crippen molar-refractivity contribution in [3.8, 4) is 11.3 Å². The highest BCUT2D eigenvalue weighted by atomic mass is 32.1. The van der Waals surface area contributed by atoms with E-state index in [0.29, 0.717) is 19.5 Å². The number of aromatic nitrogens is 4. The van der Waals surface area contributed by atoms with Crippen molar-refractivity contribution in [2.75, 3.05) is 31.1 Å². The second-order valence-corrected chi connectivity index (χ2v) is 8.49. The van der Waals surface area contributed by atoms with E-state index in [2.05, 4.69) is 50.5 Å². The number of amides is 1. The van der Waals surface area contributed by atoms with Gasteiger partial charge in [0.1, 0.15) is 0 Å². The zero-order valence-electron chi connectivity index (χ0n) is 17.4. The number of carbonyl (C=O) groups is 1. The van der Waals surface area contributed by atoms with E-state index in [1.54, 1.807) is 23.7 Å². The average molecular weight is 433 g/mol. The molecule has 0 bridgehead atoms. The molecule has 3 aromatic heterocycles. The number of carbonyl (C=O) groups excluding carboxylic acids is 1. The third kappa shape index (κ3) is 4.03. The summed E-state index contributed by atoms with van der Waals surface area (Å²) in [6.07, 6.45) is 6.95. The largest absolute Gasteiger partial charge is 0.339 e. The van der Waals surface area contributed by atoms with E-state index < -0.39 is 0 Å². The Balaban J connectivity index is 1.26. The van der Waals surface area contributed by atoms with Crippen molar-refractivity contribution in [3.63, 3.8) is 0 Å². The summed E-state index contributed by atoms with van der Waals surface area (Å²) in [5.74, 6) is 0.878. The van der Waals surface area contributed by atoms with E-state index in [1.807, 2.05) is 22.5 Å². The molecular weight excluding hydrogens is 408 g/mol. The Morgan fingerprint density at radius 1 is 1.06 bits per heavy atom. The van der Waals surface area contributed by atoms with E-state index in [1.165, 1.54) is 5.56 Å². The molecule has 0 radical (unpaired) electrons. The average Bonchev–Trinajstić information content (AvgIpc) is 3.42. The standard InChI is InChI=1S/C23H24N6OS/c1-2-17-4-6-18(7-5-17)20-15-29-19(16-31-23(29)26-20)14-21(30)27-10-12-28(13-11-27)22-24-8-3-9-25-22/h3-9,15-16H,2,10-14H2,1H3. The molecule has 4 heterocycles. The van der Waals surface area contributed by atoms with Gasteiger partial charge in [-0.25, -0.2) is 15.0 Å². The van der Waals surface area contributed by atoms with Gasteiger partial charge >= 0.3 is 0 Å². The molecule has 5 rings (SSSR count). The van der Waals surface area contributed by atoms with Crippen LogP contribution in [0.4, 0.5) is 5.95 Å². The number of anilines is 1. The predicted octanol–water partition coefficient (Wildman–Crippen LogP) is 3.31. The van der Waals surface area contributed by atoms with Crippen LogP contribution in [0.15, 0.2) is 54.3 Å². The highest BCUT2D eigenvalue weighted by molar-refractivity contribution is 7.15. The summed E-state index contributed by atoms with van der Waals surface area (Å²) < 4.78 is 2.06. The van der Waals surface area contributed by atoms with E-state index >= 15 is 0 Å². The van der Waals surface area contributed by atoms with Crippen LogP contribution in [0, 0.1) is 0 Å². The number of fused-ring (bicyclic) bond motifs is 1. The van der Waals surface area contributed by atoms with Crippen molar-refractivity contribution in [1.29, 1.82) is 0 Å². The minimum atomic E-state index is 0.149. The lowest BCUT2D eigenvalue weighted by Gasteiger charge is -2.34. The van der Waals surface area contributed by atoms with Crippen LogP contribution in [0.2, 0.25) is 0 Å². The lowest BCUT2D eigenvalue weighted by Crippen LogP contribution is -2.49. The molecule has 1 aliphatic rings. The number of thiazole rings is 1. The van der Waals surface area contributed by atoms with Gasteiger partial charge in [0.05, 0.1) is 12.1 Å². The summed E-state index contributed by atoms with van der Waals surface area (Å²) in [6.45, 7) is 5.02. The maximum atomic E-state index is 12.9. The summed E-state index contributed by atoms with van der Waals surface area (Å²) in [6, 6.07) is 10.3. The molecule has 0 spiro atoms. The molecule has 1 aromatic carbocycles. The molecule has 1 fully saturated rings. The number of hydrogen-bond donors (Lipinski definition) is 0. The fourth-order valence-electron chi connectivity index (χ4n) is 3.88. The Kier molecular flexibility index (Phi) is 5.38. The van der Waals surface area contributed by atoms with Crippen LogP contribution in [-0.4, -0.2) is 56.3 Å². The van der Waals surface area contributed by atoms with E-state index in [4.69, 9.17) is 4.98 Å². The number of nitrogens with zero attached hydrogens (tertiary/aromatic N) is 6. The molecule has 31 heavy (non-hydrogen) atoms. The Morgan fingerprint density at radius 2 is 1.81 bits per heavy atom. The van der Waals surface area contributed by atoms with Gasteiger partial charge in [0.15, 0.2) is 4.96 Å². The predicted molar refractivity (Wildman–Crippen MR) is 122 cm³/mol. The van der Waals surface area contributed by atoms with Crippen LogP contribution in [0.3, 0.4) is 0 Å². The quantitative estimate of drug-likeness (QED) is 0.484. The second-order valence-electron chi connectivity index (χ2n) is 7.65. The molecular formula is C23H24N6OS. The highest BCUT2D eigenvalue weighted by Gasteiger charge is 2.23. The van der Waals surface area contributed by atoms with Gasteiger partial charge in [-0.3, -0.25) is 9.20 Å². The molecule has 0 aliphatic carbocycles. The van der Waals surface area contributed by atoms with Gasteiger partial charge < -0.3 is 9.80 Å². The molecule has 7 nitrogen and oxygen atoms in total. The van der Waals surface area contributed by atoms with Gasteiger partial charge in [0, 0.05) is 61.4 Å². The topological polar surface area (TPSA) is 66.6 Å². The first-order valence-corrected chi connectivity index (χ1v) is 11.4. The third-order valence-electron chi connectivity index (χ3n) is 5.74. The van der Waals surface area contributed by atoms with Crippen molar-refractivity contribution in [2.24, 2.45) is 0 Å². The van der Waals surface area contributed by atoms with Crippen LogP contribution in [0.25, 0.3) is 16.2 Å². The summed E-state index contributed by atoms with van der Waals surface area (Å²) in [5.41, 5.74) is 4.35. The molecule has 158 valence electrons. The van der Waals surface area contributed by atoms with Gasteiger partial charge in [-0.2, -0.15) is 0 Å². The minimum Gasteiger partial charge on any atom is -0.339 e. The van der Waals surface area contributed by atoms with Crippen LogP contribution in [-0.2, 0) is 17.6 Å². The molecule has 4 aromatic rings. The van der Waals surface area contributed by atoms with Crippen molar-refractivity contribution < 1.29 is 4.79 Å². The lowest BCUT2D eigenvalue weighted by molar-refractivity contribution is -0.130. The second kappa shape index (κ2) is 8.47. The normalized spacial score (nSPS) is 14.4. The summed E-state index contributed by atoms with van der Waals surface area (Å²) in [5, 5.41) is 2.04. The molecule has 0 saturated carbocycles. The number of aryl methyl sites for hydroxylation is 1. The molecule has 0 unspecified atom stereocenters. The molecule has 1 aliphatic heterocycles.